The molecule has 1 aliphatic heterocycles. The lowest BCUT2D eigenvalue weighted by Crippen LogP contribution is -2.61. The van der Waals surface area contributed by atoms with E-state index in [0.717, 1.165) is 0 Å². The zero-order valence-electron chi connectivity index (χ0n) is 31.1. The minimum absolute atomic E-state index is 0.0416. The van der Waals surface area contributed by atoms with Gasteiger partial charge in [-0.1, -0.05) is 39.8 Å². The number of amides is 7. The molecule has 1 heterocycles. The largest absolute Gasteiger partial charge is 0.508 e. The molecule has 1 aliphatic rings. The van der Waals surface area contributed by atoms with E-state index < -0.39 is 102 Å². The van der Waals surface area contributed by atoms with Crippen molar-refractivity contribution < 1.29 is 48.2 Å². The van der Waals surface area contributed by atoms with Gasteiger partial charge in [0.15, 0.2) is 0 Å². The summed E-state index contributed by atoms with van der Waals surface area (Å²) in [5.74, 6) is -6.78. The summed E-state index contributed by atoms with van der Waals surface area (Å²) in [7, 11) is 0. The van der Waals surface area contributed by atoms with Crippen LogP contribution in [0.25, 0.3) is 0 Å². The van der Waals surface area contributed by atoms with Gasteiger partial charge < -0.3 is 47.1 Å². The molecule has 1 fully saturated rings. The first-order chi connectivity index (χ1) is 24.2. The van der Waals surface area contributed by atoms with E-state index in [4.69, 9.17) is 4.74 Å². The summed E-state index contributed by atoms with van der Waals surface area (Å²) < 4.78 is 5.68. The fourth-order valence-electron chi connectivity index (χ4n) is 5.22. The van der Waals surface area contributed by atoms with Gasteiger partial charge in [0.2, 0.25) is 41.4 Å². The van der Waals surface area contributed by atoms with Crippen LogP contribution in [0.1, 0.15) is 74.3 Å². The van der Waals surface area contributed by atoms with Gasteiger partial charge in [0, 0.05) is 13.3 Å². The Hall–Kier alpha value is -5.22. The molecule has 7 amide bonds. The Morgan fingerprint density at radius 1 is 0.750 bits per heavy atom. The molecule has 288 valence electrons. The maximum atomic E-state index is 14.1. The number of rotatable bonds is 8. The number of hydrogen-bond donors (Lipinski definition) is 8. The third-order valence-corrected chi connectivity index (χ3v) is 8.24. The van der Waals surface area contributed by atoms with Crippen molar-refractivity contribution in [3.05, 3.63) is 29.8 Å². The van der Waals surface area contributed by atoms with Gasteiger partial charge in [-0.15, -0.1) is 0 Å². The molecule has 17 nitrogen and oxygen atoms in total. The average molecular weight is 732 g/mol. The lowest BCUT2D eigenvalue weighted by atomic mass is 10.0. The van der Waals surface area contributed by atoms with Crippen LogP contribution in [0.3, 0.4) is 0 Å². The van der Waals surface area contributed by atoms with Crippen molar-refractivity contribution in [2.24, 2.45) is 11.8 Å². The van der Waals surface area contributed by atoms with Crippen molar-refractivity contribution in [1.29, 1.82) is 0 Å². The van der Waals surface area contributed by atoms with E-state index in [1.54, 1.807) is 13.8 Å². The van der Waals surface area contributed by atoms with Gasteiger partial charge in [-0.3, -0.25) is 33.6 Å². The SMILES string of the molecule is CC(=O)N[C@@H](CC(C)C)C(=O)N[C@@H]1C(=O)N[C@H](Cc2ccc(O)cc2)C(=O)N[C@H](C)C(=O)N[C@@H](C)C(=O)N[C@H](C)C(=O)N[C@@H](C(C)C)C(=O)O[C@@H]1C. The van der Waals surface area contributed by atoms with Crippen molar-refractivity contribution in [3.63, 3.8) is 0 Å². The van der Waals surface area contributed by atoms with Crippen molar-refractivity contribution in [2.75, 3.05) is 0 Å². The van der Waals surface area contributed by atoms with Gasteiger partial charge in [-0.25, -0.2) is 4.79 Å². The van der Waals surface area contributed by atoms with Crippen LogP contribution < -0.4 is 37.2 Å². The second-order valence-corrected chi connectivity index (χ2v) is 13.9. The Morgan fingerprint density at radius 2 is 1.25 bits per heavy atom. The highest BCUT2D eigenvalue weighted by atomic mass is 16.5. The molecule has 52 heavy (non-hydrogen) atoms. The molecule has 0 aromatic heterocycles. The molecule has 0 aliphatic carbocycles. The second kappa shape index (κ2) is 19.4. The van der Waals surface area contributed by atoms with E-state index in [1.165, 1.54) is 58.9 Å². The highest BCUT2D eigenvalue weighted by molar-refractivity contribution is 5.97. The highest BCUT2D eigenvalue weighted by Crippen LogP contribution is 2.14. The number of carbonyl (C=O) groups excluding carboxylic acids is 8. The molecule has 0 saturated carbocycles. The van der Waals surface area contributed by atoms with Crippen molar-refractivity contribution in [1.82, 2.24) is 37.2 Å². The standard InChI is InChI=1S/C35H53N7O10/c1-16(2)14-25(39-22(9)43)33(49)42-28-21(8)52-35(51)27(17(3)4)41-31(47)20(7)37-29(45)18(5)36-30(46)19(6)38-32(48)26(40-34(28)50)15-23-10-12-24(44)13-11-23/h10-13,16-21,25-28,44H,14-15H2,1-9H3,(H,36,46)(H,37,45)(H,38,48)(H,39,43)(H,40,50)(H,41,47)(H,42,49)/t18-,19+,20+,21+,25-,26+,27-,28-/m0/s1. The highest BCUT2D eigenvalue weighted by Gasteiger charge is 2.38. The van der Waals surface area contributed by atoms with E-state index in [0.29, 0.717) is 5.56 Å². The second-order valence-electron chi connectivity index (χ2n) is 13.9. The Morgan fingerprint density at radius 3 is 1.73 bits per heavy atom. The molecule has 0 bridgehead atoms. The predicted octanol–water partition coefficient (Wildman–Crippen LogP) is -0.945. The number of ether oxygens (including phenoxy) is 1. The Kier molecular flexibility index (Phi) is 16.0. The molecular formula is C35H53N7O10. The number of benzene rings is 1. The summed E-state index contributed by atoms with van der Waals surface area (Å²) in [6.07, 6.45) is -1.33. The maximum absolute atomic E-state index is 14.1. The molecule has 0 spiro atoms. The average Bonchev–Trinajstić information content (AvgIpc) is 3.04. The fraction of sp³-hybridized carbons (Fsp3) is 0.600. The van der Waals surface area contributed by atoms with Gasteiger partial charge in [0.25, 0.3) is 0 Å². The molecule has 17 heteroatoms. The Bertz CT molecular complexity index is 1480. The molecule has 8 atom stereocenters. The van der Waals surface area contributed by atoms with Crippen LogP contribution in [-0.4, -0.2) is 101 Å². The number of aromatic hydroxyl groups is 1. The van der Waals surface area contributed by atoms with Gasteiger partial charge in [0.1, 0.15) is 54.1 Å². The number of cyclic esters (lactones) is 1. The molecule has 8 N–H and O–H groups in total. The monoisotopic (exact) mass is 731 g/mol. The Balaban J connectivity index is 2.63. The molecule has 0 radical (unpaired) electrons. The molecule has 1 aromatic carbocycles. The first-order valence-corrected chi connectivity index (χ1v) is 17.3. The minimum Gasteiger partial charge on any atom is -0.508 e. The quantitative estimate of drug-likeness (QED) is 0.152. The van der Waals surface area contributed by atoms with Crippen LogP contribution in [0.5, 0.6) is 5.75 Å². The van der Waals surface area contributed by atoms with Crippen molar-refractivity contribution in [2.45, 2.75) is 124 Å². The maximum Gasteiger partial charge on any atom is 0.329 e. The van der Waals surface area contributed by atoms with Gasteiger partial charge in [-0.05, 0) is 63.6 Å². The summed E-state index contributed by atoms with van der Waals surface area (Å²) in [4.78, 5) is 106. The van der Waals surface area contributed by atoms with E-state index in [2.05, 4.69) is 37.2 Å². The summed E-state index contributed by atoms with van der Waals surface area (Å²) >= 11 is 0. The summed E-state index contributed by atoms with van der Waals surface area (Å²) in [6, 6.07) is -3.00. The lowest BCUT2D eigenvalue weighted by Gasteiger charge is -2.30. The first-order valence-electron chi connectivity index (χ1n) is 17.3. The van der Waals surface area contributed by atoms with Crippen molar-refractivity contribution in [3.8, 4) is 5.75 Å². The molecule has 0 unspecified atom stereocenters. The number of carbonyl (C=O) groups is 8. The smallest absolute Gasteiger partial charge is 0.329 e. The Labute approximate surface area is 303 Å². The molecular weight excluding hydrogens is 678 g/mol. The van der Waals surface area contributed by atoms with Crippen molar-refractivity contribution >= 4 is 47.3 Å². The zero-order chi connectivity index (χ0) is 39.4. The van der Waals surface area contributed by atoms with E-state index in [1.807, 2.05) is 13.8 Å². The van der Waals surface area contributed by atoms with E-state index >= 15 is 0 Å². The van der Waals surface area contributed by atoms with Gasteiger partial charge in [0.05, 0.1) is 0 Å². The number of nitrogens with one attached hydrogen (secondary N) is 7. The van der Waals surface area contributed by atoms with E-state index in [-0.39, 0.29) is 24.5 Å². The predicted molar refractivity (Wildman–Crippen MR) is 188 cm³/mol. The van der Waals surface area contributed by atoms with Crippen LogP contribution in [0.2, 0.25) is 0 Å². The lowest BCUT2D eigenvalue weighted by molar-refractivity contribution is -0.157. The summed E-state index contributed by atoms with van der Waals surface area (Å²) in [5, 5.41) is 27.5. The van der Waals surface area contributed by atoms with E-state index in [9.17, 15) is 43.5 Å². The topological polar surface area (TPSA) is 250 Å². The summed E-state index contributed by atoms with van der Waals surface area (Å²) in [5.41, 5.74) is 0.506. The van der Waals surface area contributed by atoms with Crippen LogP contribution in [0.15, 0.2) is 24.3 Å². The first kappa shape index (κ1) is 42.9. The van der Waals surface area contributed by atoms with Crippen LogP contribution in [-0.2, 0) is 49.5 Å². The van der Waals surface area contributed by atoms with Gasteiger partial charge >= 0.3 is 5.97 Å². The molecule has 1 saturated heterocycles. The fourth-order valence-corrected chi connectivity index (χ4v) is 5.22. The molecule has 2 rings (SSSR count). The van der Waals surface area contributed by atoms with Crippen LogP contribution >= 0.6 is 0 Å². The third kappa shape index (κ3) is 13.2. The number of phenolic OH excluding ortho intramolecular Hbond substituents is 1. The van der Waals surface area contributed by atoms with Gasteiger partial charge in [-0.2, -0.15) is 0 Å². The number of hydrogen-bond acceptors (Lipinski definition) is 10. The van der Waals surface area contributed by atoms with Crippen LogP contribution in [0, 0.1) is 11.8 Å². The molecule has 1 aromatic rings. The van der Waals surface area contributed by atoms with Crippen LogP contribution in [0.4, 0.5) is 0 Å². The normalized spacial score (nSPS) is 26.2. The number of esters is 1. The summed E-state index contributed by atoms with van der Waals surface area (Å²) in [6.45, 7) is 13.6. The number of phenols is 1. The third-order valence-electron chi connectivity index (χ3n) is 8.24. The zero-order valence-corrected chi connectivity index (χ0v) is 31.1. The minimum atomic E-state index is -1.62.